The van der Waals surface area contributed by atoms with Gasteiger partial charge in [0.1, 0.15) is 11.9 Å². The molecule has 0 spiro atoms. The summed E-state index contributed by atoms with van der Waals surface area (Å²) in [6.45, 7) is 3.30. The maximum Gasteiger partial charge on any atom is 0.238 e. The number of benzene rings is 1. The lowest BCUT2D eigenvalue weighted by molar-refractivity contribution is -0.124. The Morgan fingerprint density at radius 1 is 1.38 bits per heavy atom. The molecule has 2 N–H and O–H groups in total. The number of piperidine rings is 2. The fourth-order valence-corrected chi connectivity index (χ4v) is 5.98. The number of carbonyl (C=O) groups excluding carboxylic acids is 1. The van der Waals surface area contributed by atoms with Crippen molar-refractivity contribution in [1.29, 1.82) is 5.26 Å². The summed E-state index contributed by atoms with van der Waals surface area (Å²) in [5.74, 6) is -0.118. The van der Waals surface area contributed by atoms with Crippen molar-refractivity contribution in [2.24, 2.45) is 5.92 Å². The Kier molecular flexibility index (Phi) is 6.06. The molecule has 5 rings (SSSR count). The molecule has 7 nitrogen and oxygen atoms in total. The van der Waals surface area contributed by atoms with Gasteiger partial charge < -0.3 is 20.3 Å². The Balaban J connectivity index is 1.20. The van der Waals surface area contributed by atoms with Gasteiger partial charge in [0.2, 0.25) is 5.91 Å². The van der Waals surface area contributed by atoms with Crippen LogP contribution in [-0.2, 0) is 16.0 Å². The molecule has 6 atom stereocenters. The van der Waals surface area contributed by atoms with Gasteiger partial charge in [-0.05, 0) is 56.3 Å². The zero-order valence-corrected chi connectivity index (χ0v) is 18.6. The summed E-state index contributed by atoms with van der Waals surface area (Å²) in [6.07, 6.45) is 4.50. The van der Waals surface area contributed by atoms with Gasteiger partial charge in [-0.2, -0.15) is 5.26 Å². The van der Waals surface area contributed by atoms with Crippen molar-refractivity contribution < 1.29 is 13.9 Å². The highest BCUT2D eigenvalue weighted by Gasteiger charge is 2.43. The molecule has 0 unspecified atom stereocenters. The quantitative estimate of drug-likeness (QED) is 0.720. The number of morpholine rings is 1. The molecule has 1 saturated carbocycles. The van der Waals surface area contributed by atoms with Gasteiger partial charge in [0.25, 0.3) is 0 Å². The van der Waals surface area contributed by atoms with Crippen LogP contribution in [0.4, 0.5) is 10.1 Å². The number of nitrogens with zero attached hydrogens (tertiary/aromatic N) is 3. The van der Waals surface area contributed by atoms with Crippen molar-refractivity contribution in [3.63, 3.8) is 0 Å². The Morgan fingerprint density at radius 3 is 2.97 bits per heavy atom. The lowest BCUT2D eigenvalue weighted by Gasteiger charge is -2.46. The van der Waals surface area contributed by atoms with Crippen molar-refractivity contribution in [3.05, 3.63) is 29.6 Å². The normalized spacial score (nSPS) is 32.9. The predicted octanol–water partition coefficient (Wildman–Crippen LogP) is 1.43. The summed E-state index contributed by atoms with van der Waals surface area (Å²) in [4.78, 5) is 17.2. The average Bonchev–Trinajstić information content (AvgIpc) is 3.43. The number of halogens is 1. The Morgan fingerprint density at radius 2 is 2.25 bits per heavy atom. The summed E-state index contributed by atoms with van der Waals surface area (Å²) in [5.41, 5.74) is 1.29. The molecule has 3 aliphatic heterocycles. The van der Waals surface area contributed by atoms with Crippen molar-refractivity contribution in [3.8, 4) is 6.07 Å². The van der Waals surface area contributed by atoms with Crippen molar-refractivity contribution in [2.75, 3.05) is 38.2 Å². The molecule has 2 bridgehead atoms. The lowest BCUT2D eigenvalue weighted by atomic mass is 9.97. The summed E-state index contributed by atoms with van der Waals surface area (Å²) in [6, 6.07) is 7.23. The van der Waals surface area contributed by atoms with E-state index in [0.29, 0.717) is 23.6 Å². The fourth-order valence-electron chi connectivity index (χ4n) is 5.98. The van der Waals surface area contributed by atoms with Gasteiger partial charge >= 0.3 is 0 Å². The summed E-state index contributed by atoms with van der Waals surface area (Å²) < 4.78 is 20.9. The molecule has 1 amide bonds. The maximum absolute atomic E-state index is 15.0. The Bertz CT molecular complexity index is 905. The van der Waals surface area contributed by atoms with Crippen LogP contribution in [0.25, 0.3) is 0 Å². The van der Waals surface area contributed by atoms with Crippen molar-refractivity contribution >= 4 is 11.6 Å². The molecule has 1 aliphatic carbocycles. The van der Waals surface area contributed by atoms with Gasteiger partial charge in [-0.25, -0.2) is 4.39 Å². The number of nitrogens with one attached hydrogen (secondary N) is 2. The van der Waals surface area contributed by atoms with Crippen LogP contribution in [0.5, 0.6) is 0 Å². The van der Waals surface area contributed by atoms with E-state index < -0.39 is 6.04 Å². The van der Waals surface area contributed by atoms with Crippen LogP contribution in [0.2, 0.25) is 0 Å². The van der Waals surface area contributed by atoms with Gasteiger partial charge in [0.05, 0.1) is 24.8 Å². The third-order valence-electron chi connectivity index (χ3n) is 7.81. The first-order chi connectivity index (χ1) is 15.5. The SMILES string of the molecule is CN1CCO[C@H]2CN(c3ccc(C[C@@H](C#N)NC(=O)[C@H]4N[C@@H]5CC[C@H]4C5)c(F)c3)CC[C@@H]21. The van der Waals surface area contributed by atoms with E-state index >= 15 is 0 Å². The van der Waals surface area contributed by atoms with E-state index in [2.05, 4.69) is 33.6 Å². The smallest absolute Gasteiger partial charge is 0.238 e. The second kappa shape index (κ2) is 8.97. The monoisotopic (exact) mass is 441 g/mol. The van der Waals surface area contributed by atoms with Crippen molar-refractivity contribution in [2.45, 2.75) is 62.4 Å². The molecule has 8 heteroatoms. The van der Waals surface area contributed by atoms with Crippen molar-refractivity contribution in [1.82, 2.24) is 15.5 Å². The minimum atomic E-state index is -0.745. The number of rotatable bonds is 5. The zero-order valence-electron chi connectivity index (χ0n) is 18.6. The van der Waals surface area contributed by atoms with Crippen LogP contribution in [0, 0.1) is 23.1 Å². The largest absolute Gasteiger partial charge is 0.373 e. The van der Waals surface area contributed by atoms with E-state index in [0.717, 1.165) is 57.6 Å². The fraction of sp³-hybridized carbons (Fsp3) is 0.667. The summed E-state index contributed by atoms with van der Waals surface area (Å²) in [7, 11) is 2.14. The standard InChI is InChI=1S/C24H32FN5O2/c1-29-8-9-32-22-14-30(7-6-21(22)29)19-5-3-15(20(25)12-19)10-18(13-26)28-24(31)23-16-2-4-17(11-16)27-23/h3,5,12,16-18,21-23,27H,2,4,6-11,14H2,1H3,(H,28,31)/t16-,17+,18-,21-,22-,23-/m0/s1. The molecular weight excluding hydrogens is 409 g/mol. The third kappa shape index (κ3) is 4.21. The van der Waals surface area contributed by atoms with E-state index in [1.165, 1.54) is 0 Å². The summed E-state index contributed by atoms with van der Waals surface area (Å²) >= 11 is 0. The molecule has 0 aromatic heterocycles. The Labute approximate surface area is 188 Å². The molecule has 3 heterocycles. The van der Waals surface area contributed by atoms with Gasteiger partial charge in [0, 0.05) is 43.8 Å². The molecule has 3 saturated heterocycles. The first-order valence-corrected chi connectivity index (χ1v) is 11.8. The number of anilines is 1. The van der Waals surface area contributed by atoms with Gasteiger partial charge in [0.15, 0.2) is 0 Å². The van der Waals surface area contributed by atoms with Crippen LogP contribution < -0.4 is 15.5 Å². The highest BCUT2D eigenvalue weighted by molar-refractivity contribution is 5.83. The van der Waals surface area contributed by atoms with E-state index in [9.17, 15) is 14.4 Å². The number of nitriles is 1. The summed E-state index contributed by atoms with van der Waals surface area (Å²) in [5, 5.41) is 15.7. The molecule has 4 aliphatic rings. The van der Waals surface area contributed by atoms with Crippen LogP contribution in [0.15, 0.2) is 18.2 Å². The minimum absolute atomic E-state index is 0.138. The van der Waals surface area contributed by atoms with E-state index in [1.807, 2.05) is 6.07 Å². The first-order valence-electron chi connectivity index (χ1n) is 11.8. The number of fused-ring (bicyclic) bond motifs is 3. The number of ether oxygens (including phenoxy) is 1. The highest BCUT2D eigenvalue weighted by Crippen LogP contribution is 2.35. The molecule has 0 radical (unpaired) electrons. The number of amides is 1. The van der Waals surface area contributed by atoms with Gasteiger partial charge in [-0.1, -0.05) is 6.07 Å². The maximum atomic E-state index is 15.0. The third-order valence-corrected chi connectivity index (χ3v) is 7.81. The molecular formula is C24H32FN5O2. The van der Waals surface area contributed by atoms with Crippen LogP contribution in [0.1, 0.15) is 31.2 Å². The number of hydrogen-bond donors (Lipinski definition) is 2. The van der Waals surface area contributed by atoms with Crippen LogP contribution >= 0.6 is 0 Å². The van der Waals surface area contributed by atoms with E-state index in [4.69, 9.17) is 4.74 Å². The van der Waals surface area contributed by atoms with Gasteiger partial charge in [-0.15, -0.1) is 0 Å². The lowest BCUT2D eigenvalue weighted by Crippen LogP contribution is -2.58. The number of hydrogen-bond acceptors (Lipinski definition) is 6. The predicted molar refractivity (Wildman–Crippen MR) is 119 cm³/mol. The molecule has 1 aromatic carbocycles. The van der Waals surface area contributed by atoms with E-state index in [-0.39, 0.29) is 30.3 Å². The number of likely N-dealkylation sites (N-methyl/N-ethyl adjacent to an activating group) is 1. The molecule has 4 fully saturated rings. The molecule has 1 aromatic rings. The zero-order chi connectivity index (χ0) is 22.2. The highest BCUT2D eigenvalue weighted by atomic mass is 19.1. The van der Waals surface area contributed by atoms with Crippen LogP contribution in [-0.4, -0.2) is 74.4 Å². The minimum Gasteiger partial charge on any atom is -0.373 e. The second-order valence-electron chi connectivity index (χ2n) is 9.78. The first kappa shape index (κ1) is 21.6. The Hall–Kier alpha value is -2.21. The number of carbonyl (C=O) groups is 1. The second-order valence-corrected chi connectivity index (χ2v) is 9.78. The average molecular weight is 442 g/mol. The van der Waals surface area contributed by atoms with Gasteiger partial charge in [-0.3, -0.25) is 9.69 Å². The van der Waals surface area contributed by atoms with Crippen LogP contribution in [0.3, 0.4) is 0 Å². The molecule has 172 valence electrons. The molecule has 32 heavy (non-hydrogen) atoms. The van der Waals surface area contributed by atoms with E-state index in [1.54, 1.807) is 12.1 Å². The topological polar surface area (TPSA) is 80.6 Å².